The summed E-state index contributed by atoms with van der Waals surface area (Å²) >= 11 is 1.01. The first-order valence-electron chi connectivity index (χ1n) is 6.29. The zero-order valence-electron chi connectivity index (χ0n) is 12.2. The molecule has 7 nitrogen and oxygen atoms in total. The monoisotopic (exact) mass is 308 g/mol. The number of amides is 1. The molecule has 21 heavy (non-hydrogen) atoms. The van der Waals surface area contributed by atoms with Crippen LogP contribution in [0.3, 0.4) is 0 Å². The number of rotatable bonds is 4. The number of hydrogen-bond acceptors (Lipinski definition) is 5. The van der Waals surface area contributed by atoms with Gasteiger partial charge in [-0.3, -0.25) is 9.89 Å². The Kier molecular flexibility index (Phi) is 4.08. The third-order valence-corrected chi connectivity index (χ3v) is 4.36. The van der Waals surface area contributed by atoms with Gasteiger partial charge in [-0.2, -0.15) is 9.47 Å². The van der Waals surface area contributed by atoms with Gasteiger partial charge in [-0.25, -0.2) is 4.79 Å². The lowest BCUT2D eigenvalue weighted by atomic mass is 10.1. The topological polar surface area (TPSA) is 99.2 Å². The molecule has 2 aromatic heterocycles. The summed E-state index contributed by atoms with van der Waals surface area (Å²) in [4.78, 5) is 25.0. The Morgan fingerprint density at radius 2 is 1.95 bits per heavy atom. The fourth-order valence-electron chi connectivity index (χ4n) is 2.05. The lowest BCUT2D eigenvalue weighted by Gasteiger charge is -2.16. The summed E-state index contributed by atoms with van der Waals surface area (Å²) in [5, 5.41) is 16.5. The molecule has 0 aliphatic heterocycles. The van der Waals surface area contributed by atoms with E-state index in [9.17, 15) is 14.7 Å². The van der Waals surface area contributed by atoms with Crippen molar-refractivity contribution in [3.05, 3.63) is 28.2 Å². The molecule has 112 valence electrons. The molecule has 2 N–H and O–H groups in total. The number of anilines is 1. The number of carboxylic acid groups (broad SMARTS) is 1. The number of aromatic nitrogens is 3. The molecule has 0 unspecified atom stereocenters. The maximum atomic E-state index is 12.4. The van der Waals surface area contributed by atoms with Gasteiger partial charge in [0.05, 0.1) is 17.8 Å². The van der Waals surface area contributed by atoms with Crippen LogP contribution < -0.4 is 4.90 Å². The van der Waals surface area contributed by atoms with Crippen LogP contribution in [0.2, 0.25) is 0 Å². The largest absolute Gasteiger partial charge is 0.478 e. The molecule has 0 saturated heterocycles. The number of likely N-dealkylation sites (N-methyl/N-ethyl adjacent to an activating group) is 1. The van der Waals surface area contributed by atoms with E-state index in [1.165, 1.54) is 4.90 Å². The second-order valence-corrected chi connectivity index (χ2v) is 5.55. The highest BCUT2D eigenvalue weighted by atomic mass is 32.1. The first-order valence-corrected chi connectivity index (χ1v) is 7.06. The van der Waals surface area contributed by atoms with Crippen LogP contribution in [0.1, 0.15) is 33.0 Å². The Morgan fingerprint density at radius 3 is 2.48 bits per heavy atom. The van der Waals surface area contributed by atoms with Crippen LogP contribution >= 0.6 is 11.5 Å². The lowest BCUT2D eigenvalue weighted by Crippen LogP contribution is -2.28. The molecular formula is C13H16N4O3S. The zero-order valence-corrected chi connectivity index (χ0v) is 13.0. The van der Waals surface area contributed by atoms with Crippen LogP contribution in [0.15, 0.2) is 0 Å². The molecule has 0 aliphatic carbocycles. The van der Waals surface area contributed by atoms with Crippen LogP contribution in [0.25, 0.3) is 0 Å². The number of nitrogens with one attached hydrogen (secondary N) is 1. The normalized spacial score (nSPS) is 10.7. The molecule has 0 spiro atoms. The maximum absolute atomic E-state index is 12.4. The summed E-state index contributed by atoms with van der Waals surface area (Å²) in [6.45, 7) is 5.29. The van der Waals surface area contributed by atoms with Gasteiger partial charge in [0.2, 0.25) is 5.91 Å². The van der Waals surface area contributed by atoms with E-state index in [1.807, 2.05) is 13.8 Å². The van der Waals surface area contributed by atoms with Gasteiger partial charge < -0.3 is 10.0 Å². The number of carboxylic acids is 1. The van der Waals surface area contributed by atoms with Gasteiger partial charge in [0.1, 0.15) is 10.6 Å². The quantitative estimate of drug-likeness (QED) is 0.895. The van der Waals surface area contributed by atoms with E-state index >= 15 is 0 Å². The van der Waals surface area contributed by atoms with Gasteiger partial charge in [-0.15, -0.1) is 0 Å². The van der Waals surface area contributed by atoms with Gasteiger partial charge in [0, 0.05) is 18.3 Å². The minimum atomic E-state index is -1.08. The van der Waals surface area contributed by atoms with Crippen LogP contribution in [-0.2, 0) is 11.2 Å². The van der Waals surface area contributed by atoms with Crippen LogP contribution in [0.5, 0.6) is 0 Å². The standard InChI is InChI=1S/C13H16N4O3S/c1-6-9(7(2)15-14-6)5-10(18)17(4)12-11(13(19)20)8(3)16-21-12/h5H2,1-4H3,(H,14,15)(H,19,20). The Bertz CT molecular complexity index is 685. The zero-order chi connectivity index (χ0) is 15.7. The number of aromatic amines is 1. The molecule has 1 amide bonds. The van der Waals surface area contributed by atoms with E-state index in [0.717, 1.165) is 28.5 Å². The summed E-state index contributed by atoms with van der Waals surface area (Å²) in [5.41, 5.74) is 2.95. The Balaban J connectivity index is 2.26. The Hall–Kier alpha value is -2.22. The summed E-state index contributed by atoms with van der Waals surface area (Å²) in [5.74, 6) is -1.28. The van der Waals surface area contributed by atoms with E-state index in [4.69, 9.17) is 0 Å². The van der Waals surface area contributed by atoms with E-state index in [-0.39, 0.29) is 17.9 Å². The smallest absolute Gasteiger partial charge is 0.340 e. The highest BCUT2D eigenvalue weighted by Gasteiger charge is 2.24. The minimum absolute atomic E-state index is 0.0801. The SMILES string of the molecule is Cc1n[nH]c(C)c1CC(=O)N(C)c1snc(C)c1C(=O)O. The highest BCUT2D eigenvalue weighted by Crippen LogP contribution is 2.28. The van der Waals surface area contributed by atoms with E-state index in [0.29, 0.717) is 10.7 Å². The number of hydrogen-bond donors (Lipinski definition) is 2. The molecule has 0 bridgehead atoms. The predicted octanol–water partition coefficient (Wildman–Crippen LogP) is 1.70. The molecule has 0 atom stereocenters. The number of aromatic carboxylic acids is 1. The number of nitrogens with zero attached hydrogens (tertiary/aromatic N) is 3. The Morgan fingerprint density at radius 1 is 1.29 bits per heavy atom. The minimum Gasteiger partial charge on any atom is -0.478 e. The Labute approximate surface area is 125 Å². The van der Waals surface area contributed by atoms with Gasteiger partial charge in [-0.05, 0) is 32.3 Å². The number of carbonyl (C=O) groups excluding carboxylic acids is 1. The predicted molar refractivity (Wildman–Crippen MR) is 79.0 cm³/mol. The molecule has 0 saturated carbocycles. The third kappa shape index (κ3) is 2.80. The van der Waals surface area contributed by atoms with Crippen LogP contribution in [-0.4, -0.2) is 38.6 Å². The van der Waals surface area contributed by atoms with Gasteiger partial charge in [-0.1, -0.05) is 0 Å². The molecule has 2 heterocycles. The number of H-pyrrole nitrogens is 1. The van der Waals surface area contributed by atoms with Crippen molar-refractivity contribution in [3.63, 3.8) is 0 Å². The van der Waals surface area contributed by atoms with Crippen LogP contribution in [0.4, 0.5) is 5.00 Å². The van der Waals surface area contributed by atoms with Crippen molar-refractivity contribution in [2.45, 2.75) is 27.2 Å². The van der Waals surface area contributed by atoms with Gasteiger partial charge in [0.25, 0.3) is 0 Å². The van der Waals surface area contributed by atoms with Crippen molar-refractivity contribution in [1.82, 2.24) is 14.6 Å². The maximum Gasteiger partial charge on any atom is 0.340 e. The molecule has 0 aliphatic rings. The molecule has 0 radical (unpaired) electrons. The van der Waals surface area contributed by atoms with Crippen molar-refractivity contribution in [1.29, 1.82) is 0 Å². The van der Waals surface area contributed by atoms with Gasteiger partial charge >= 0.3 is 5.97 Å². The molecule has 2 rings (SSSR count). The first-order chi connectivity index (χ1) is 9.82. The van der Waals surface area contributed by atoms with Crippen molar-refractivity contribution < 1.29 is 14.7 Å². The number of aryl methyl sites for hydroxylation is 3. The fraction of sp³-hybridized carbons (Fsp3) is 0.385. The molecule has 8 heteroatoms. The third-order valence-electron chi connectivity index (χ3n) is 3.35. The van der Waals surface area contributed by atoms with E-state index in [1.54, 1.807) is 14.0 Å². The number of carbonyl (C=O) groups is 2. The second kappa shape index (κ2) is 5.65. The second-order valence-electron chi connectivity index (χ2n) is 4.80. The van der Waals surface area contributed by atoms with Crippen molar-refractivity contribution >= 4 is 28.4 Å². The summed E-state index contributed by atoms with van der Waals surface area (Å²) < 4.78 is 4.02. The van der Waals surface area contributed by atoms with Crippen molar-refractivity contribution in [2.24, 2.45) is 0 Å². The molecule has 0 aromatic carbocycles. The summed E-state index contributed by atoms with van der Waals surface area (Å²) in [7, 11) is 1.56. The summed E-state index contributed by atoms with van der Waals surface area (Å²) in [6, 6.07) is 0. The van der Waals surface area contributed by atoms with E-state index in [2.05, 4.69) is 14.6 Å². The molecular weight excluding hydrogens is 292 g/mol. The average molecular weight is 308 g/mol. The van der Waals surface area contributed by atoms with Crippen molar-refractivity contribution in [3.8, 4) is 0 Å². The van der Waals surface area contributed by atoms with Crippen molar-refractivity contribution in [2.75, 3.05) is 11.9 Å². The lowest BCUT2D eigenvalue weighted by molar-refractivity contribution is -0.117. The van der Waals surface area contributed by atoms with E-state index < -0.39 is 5.97 Å². The fourth-order valence-corrected chi connectivity index (χ4v) is 2.92. The van der Waals surface area contributed by atoms with Gasteiger partial charge in [0.15, 0.2) is 0 Å². The van der Waals surface area contributed by atoms with Crippen LogP contribution in [0, 0.1) is 20.8 Å². The first kappa shape index (κ1) is 15.2. The highest BCUT2D eigenvalue weighted by molar-refractivity contribution is 7.11. The molecule has 0 fully saturated rings. The molecule has 2 aromatic rings. The average Bonchev–Trinajstić information content (AvgIpc) is 2.95. The summed E-state index contributed by atoms with van der Waals surface area (Å²) in [6.07, 6.45) is 0.167.